The van der Waals surface area contributed by atoms with Crippen molar-refractivity contribution in [1.82, 2.24) is 4.98 Å². The molecule has 0 atom stereocenters. The number of amidine groups is 1. The van der Waals surface area contributed by atoms with Crippen LogP contribution in [0, 0.1) is 12.3 Å². The van der Waals surface area contributed by atoms with Gasteiger partial charge in [-0.3, -0.25) is 10.4 Å². The molecule has 1 heterocycles. The van der Waals surface area contributed by atoms with Crippen LogP contribution in [0.2, 0.25) is 0 Å². The zero-order valence-electron chi connectivity index (χ0n) is 11.2. The lowest BCUT2D eigenvalue weighted by atomic mass is 10.1. The molecule has 3 N–H and O–H groups in total. The Morgan fingerprint density at radius 1 is 1.26 bits per heavy atom. The number of aryl methyl sites for hydroxylation is 1. The molecule has 19 heavy (non-hydrogen) atoms. The molecule has 0 aliphatic heterocycles. The van der Waals surface area contributed by atoms with Gasteiger partial charge in [0, 0.05) is 37.2 Å². The van der Waals surface area contributed by atoms with Crippen LogP contribution in [0.5, 0.6) is 0 Å². The lowest BCUT2D eigenvalue weighted by molar-refractivity contribution is 0.918. The molecular weight excluding hydrogens is 236 g/mol. The van der Waals surface area contributed by atoms with E-state index in [9.17, 15) is 0 Å². The molecule has 0 amide bonds. The third-order valence-electron chi connectivity index (χ3n) is 3.11. The van der Waals surface area contributed by atoms with Gasteiger partial charge >= 0.3 is 0 Å². The maximum Gasteiger partial charge on any atom is 0.123 e. The number of nitrogens with one attached hydrogen (secondary N) is 1. The van der Waals surface area contributed by atoms with Gasteiger partial charge in [-0.1, -0.05) is 0 Å². The average molecular weight is 254 g/mol. The summed E-state index contributed by atoms with van der Waals surface area (Å²) in [6.45, 7) is 2.79. The van der Waals surface area contributed by atoms with E-state index < -0.39 is 0 Å². The molecule has 0 radical (unpaired) electrons. The van der Waals surface area contributed by atoms with Gasteiger partial charge in [0.05, 0.1) is 0 Å². The van der Waals surface area contributed by atoms with Crippen LogP contribution < -0.4 is 10.6 Å². The lowest BCUT2D eigenvalue weighted by Crippen LogP contribution is -2.18. The van der Waals surface area contributed by atoms with Crippen LogP contribution >= 0.6 is 0 Å². The standard InChI is InChI=1S/C15H18N4/c1-11-9-13(3-4-14(11)15(16)17)19(2)10-12-5-7-18-8-6-12/h3-9H,10H2,1-2H3,(H3,16,17). The molecule has 2 rings (SSSR count). The van der Waals surface area contributed by atoms with Gasteiger partial charge in [-0.05, 0) is 48.4 Å². The van der Waals surface area contributed by atoms with Gasteiger partial charge in [0.15, 0.2) is 0 Å². The highest BCUT2D eigenvalue weighted by Crippen LogP contribution is 2.19. The van der Waals surface area contributed by atoms with Crippen LogP contribution in [0.1, 0.15) is 16.7 Å². The Kier molecular flexibility index (Phi) is 3.80. The minimum atomic E-state index is 0.112. The molecule has 4 heteroatoms. The van der Waals surface area contributed by atoms with E-state index >= 15 is 0 Å². The Bertz CT molecular complexity index is 578. The number of anilines is 1. The molecule has 0 saturated heterocycles. The largest absolute Gasteiger partial charge is 0.384 e. The number of pyridine rings is 1. The van der Waals surface area contributed by atoms with Crippen LogP contribution in [0.25, 0.3) is 0 Å². The van der Waals surface area contributed by atoms with Crippen molar-refractivity contribution in [1.29, 1.82) is 5.41 Å². The van der Waals surface area contributed by atoms with Crippen LogP contribution in [0.15, 0.2) is 42.7 Å². The minimum absolute atomic E-state index is 0.112. The molecule has 0 unspecified atom stereocenters. The van der Waals surface area contributed by atoms with E-state index in [2.05, 4.69) is 16.0 Å². The molecule has 2 aromatic rings. The van der Waals surface area contributed by atoms with Gasteiger partial charge in [0.1, 0.15) is 5.84 Å². The van der Waals surface area contributed by atoms with Crippen molar-refractivity contribution in [2.45, 2.75) is 13.5 Å². The fourth-order valence-electron chi connectivity index (χ4n) is 2.04. The Morgan fingerprint density at radius 2 is 1.95 bits per heavy atom. The molecular formula is C15H18N4. The first-order valence-corrected chi connectivity index (χ1v) is 6.13. The summed E-state index contributed by atoms with van der Waals surface area (Å²) in [5.74, 6) is 0.112. The first-order valence-electron chi connectivity index (χ1n) is 6.13. The Morgan fingerprint density at radius 3 is 2.53 bits per heavy atom. The normalized spacial score (nSPS) is 10.2. The van der Waals surface area contributed by atoms with Crippen LogP contribution in [-0.2, 0) is 6.54 Å². The van der Waals surface area contributed by atoms with Gasteiger partial charge in [0.2, 0.25) is 0 Å². The highest BCUT2D eigenvalue weighted by Gasteiger charge is 2.06. The first kappa shape index (κ1) is 13.1. The van der Waals surface area contributed by atoms with Gasteiger partial charge < -0.3 is 10.6 Å². The molecule has 1 aromatic carbocycles. The van der Waals surface area contributed by atoms with E-state index in [-0.39, 0.29) is 5.84 Å². The highest BCUT2D eigenvalue weighted by molar-refractivity contribution is 5.96. The number of hydrogen-bond donors (Lipinski definition) is 2. The summed E-state index contributed by atoms with van der Waals surface area (Å²) in [7, 11) is 2.04. The zero-order chi connectivity index (χ0) is 13.8. The molecule has 0 aliphatic rings. The fraction of sp³-hybridized carbons (Fsp3) is 0.200. The third kappa shape index (κ3) is 3.10. The first-order chi connectivity index (χ1) is 9.08. The summed E-state index contributed by atoms with van der Waals surface area (Å²) in [5, 5.41) is 7.49. The molecule has 0 saturated carbocycles. The number of aromatic nitrogens is 1. The third-order valence-corrected chi connectivity index (χ3v) is 3.11. The smallest absolute Gasteiger partial charge is 0.123 e. The lowest BCUT2D eigenvalue weighted by Gasteiger charge is -2.20. The molecule has 0 fully saturated rings. The van der Waals surface area contributed by atoms with E-state index in [0.29, 0.717) is 0 Å². The van der Waals surface area contributed by atoms with E-state index in [1.54, 1.807) is 12.4 Å². The van der Waals surface area contributed by atoms with Crippen molar-refractivity contribution >= 4 is 11.5 Å². The van der Waals surface area contributed by atoms with E-state index in [4.69, 9.17) is 11.1 Å². The average Bonchev–Trinajstić information content (AvgIpc) is 2.39. The maximum atomic E-state index is 7.49. The van der Waals surface area contributed by atoms with Crippen molar-refractivity contribution < 1.29 is 0 Å². The van der Waals surface area contributed by atoms with Crippen molar-refractivity contribution in [3.63, 3.8) is 0 Å². The summed E-state index contributed by atoms with van der Waals surface area (Å²) >= 11 is 0. The number of nitrogens with two attached hydrogens (primary N) is 1. The molecule has 0 spiro atoms. The van der Waals surface area contributed by atoms with Crippen LogP contribution in [0.3, 0.4) is 0 Å². The number of hydrogen-bond acceptors (Lipinski definition) is 3. The number of benzene rings is 1. The summed E-state index contributed by atoms with van der Waals surface area (Å²) in [4.78, 5) is 6.17. The van der Waals surface area contributed by atoms with Crippen molar-refractivity contribution in [3.8, 4) is 0 Å². The maximum absolute atomic E-state index is 7.49. The predicted octanol–water partition coefficient (Wildman–Crippen LogP) is 2.31. The van der Waals surface area contributed by atoms with Crippen molar-refractivity contribution in [2.24, 2.45) is 5.73 Å². The van der Waals surface area contributed by atoms with Crippen LogP contribution in [0.4, 0.5) is 5.69 Å². The Labute approximate surface area is 113 Å². The molecule has 1 aromatic heterocycles. The second kappa shape index (κ2) is 5.52. The minimum Gasteiger partial charge on any atom is -0.384 e. The fourth-order valence-corrected chi connectivity index (χ4v) is 2.04. The summed E-state index contributed by atoms with van der Waals surface area (Å²) in [5.41, 5.74) is 9.66. The molecule has 98 valence electrons. The highest BCUT2D eigenvalue weighted by atomic mass is 15.1. The topological polar surface area (TPSA) is 66.0 Å². The van der Waals surface area contributed by atoms with Crippen molar-refractivity contribution in [2.75, 3.05) is 11.9 Å². The SMILES string of the molecule is Cc1cc(N(C)Cc2ccncc2)ccc1C(=N)N. The monoisotopic (exact) mass is 254 g/mol. The second-order valence-electron chi connectivity index (χ2n) is 4.62. The van der Waals surface area contributed by atoms with Crippen molar-refractivity contribution in [3.05, 3.63) is 59.4 Å². The molecule has 4 nitrogen and oxygen atoms in total. The summed E-state index contributed by atoms with van der Waals surface area (Å²) in [6.07, 6.45) is 3.60. The quantitative estimate of drug-likeness (QED) is 0.650. The van der Waals surface area contributed by atoms with E-state index in [0.717, 1.165) is 23.4 Å². The van der Waals surface area contributed by atoms with Gasteiger partial charge in [-0.25, -0.2) is 0 Å². The number of rotatable bonds is 4. The number of nitrogens with zero attached hydrogens (tertiary/aromatic N) is 2. The predicted molar refractivity (Wildman–Crippen MR) is 78.5 cm³/mol. The Hall–Kier alpha value is -2.36. The van der Waals surface area contributed by atoms with Crippen LogP contribution in [-0.4, -0.2) is 17.9 Å². The van der Waals surface area contributed by atoms with Gasteiger partial charge in [-0.15, -0.1) is 0 Å². The summed E-state index contributed by atoms with van der Waals surface area (Å²) < 4.78 is 0. The van der Waals surface area contributed by atoms with E-state index in [1.807, 2.05) is 38.2 Å². The summed E-state index contributed by atoms with van der Waals surface area (Å²) in [6, 6.07) is 9.96. The van der Waals surface area contributed by atoms with E-state index in [1.165, 1.54) is 5.56 Å². The second-order valence-corrected chi connectivity index (χ2v) is 4.62. The number of nitrogen functional groups attached to an aromatic ring is 1. The molecule has 0 aliphatic carbocycles. The molecule has 0 bridgehead atoms. The van der Waals surface area contributed by atoms with Gasteiger partial charge in [0.25, 0.3) is 0 Å². The van der Waals surface area contributed by atoms with Gasteiger partial charge in [-0.2, -0.15) is 0 Å². The zero-order valence-corrected chi connectivity index (χ0v) is 11.2. The Balaban J connectivity index is 2.18.